The summed E-state index contributed by atoms with van der Waals surface area (Å²) < 4.78 is 5.09. The van der Waals surface area contributed by atoms with Crippen molar-refractivity contribution in [3.05, 3.63) is 52.2 Å². The van der Waals surface area contributed by atoms with Gasteiger partial charge in [0, 0.05) is 17.7 Å². The van der Waals surface area contributed by atoms with Gasteiger partial charge in [-0.25, -0.2) is 0 Å². The molecule has 3 heteroatoms. The first-order valence-electron chi connectivity index (χ1n) is 5.67. The molecule has 1 atom stereocenters. The third kappa shape index (κ3) is 3.32. The molecular weight excluding hydrogens is 230 g/mol. The molecule has 1 unspecified atom stereocenters. The molecule has 0 amide bonds. The van der Waals surface area contributed by atoms with Crippen LogP contribution in [-0.2, 0) is 11.3 Å². The molecule has 0 aliphatic rings. The molecule has 0 saturated carbocycles. The van der Waals surface area contributed by atoms with Gasteiger partial charge in [-0.3, -0.25) is 0 Å². The Morgan fingerprint density at radius 1 is 1.24 bits per heavy atom. The summed E-state index contributed by atoms with van der Waals surface area (Å²) in [6.07, 6.45) is 0. The minimum Gasteiger partial charge on any atom is -0.380 e. The second-order valence-electron chi connectivity index (χ2n) is 4.01. The van der Waals surface area contributed by atoms with Gasteiger partial charge >= 0.3 is 0 Å². The molecular formula is C14H17NOS. The van der Waals surface area contributed by atoms with E-state index in [-0.39, 0.29) is 0 Å². The van der Waals surface area contributed by atoms with Crippen molar-refractivity contribution in [1.82, 2.24) is 0 Å². The molecule has 1 heterocycles. The standard InChI is InChI=1S/C14H17NOS/c1-11(14-4-3-9-17-14)15-13-7-5-12(6-8-13)10-16-2/h3-9,11,15H,10H2,1-2H3. The molecule has 1 aromatic heterocycles. The number of thiophene rings is 1. The number of hydrogen-bond acceptors (Lipinski definition) is 3. The zero-order valence-electron chi connectivity index (χ0n) is 10.1. The van der Waals surface area contributed by atoms with Gasteiger partial charge in [0.1, 0.15) is 0 Å². The third-order valence-electron chi connectivity index (χ3n) is 2.62. The Morgan fingerprint density at radius 2 is 2.00 bits per heavy atom. The fraction of sp³-hybridized carbons (Fsp3) is 0.286. The number of rotatable bonds is 5. The molecule has 1 N–H and O–H groups in total. The van der Waals surface area contributed by atoms with Crippen molar-refractivity contribution in [2.24, 2.45) is 0 Å². The van der Waals surface area contributed by atoms with Crippen LogP contribution in [0, 0.1) is 0 Å². The highest BCUT2D eigenvalue weighted by Gasteiger charge is 2.05. The van der Waals surface area contributed by atoms with Gasteiger partial charge in [-0.05, 0) is 36.1 Å². The van der Waals surface area contributed by atoms with E-state index in [1.807, 2.05) is 0 Å². The Hall–Kier alpha value is -1.32. The molecule has 0 bridgehead atoms. The van der Waals surface area contributed by atoms with Crippen LogP contribution >= 0.6 is 11.3 Å². The van der Waals surface area contributed by atoms with Gasteiger partial charge in [-0.15, -0.1) is 11.3 Å². The van der Waals surface area contributed by atoms with Crippen molar-refractivity contribution in [3.63, 3.8) is 0 Å². The maximum atomic E-state index is 5.09. The SMILES string of the molecule is COCc1ccc(NC(C)c2cccs2)cc1. The van der Waals surface area contributed by atoms with Gasteiger partial charge in [-0.1, -0.05) is 18.2 Å². The summed E-state index contributed by atoms with van der Waals surface area (Å²) in [6.45, 7) is 2.84. The van der Waals surface area contributed by atoms with E-state index in [0.29, 0.717) is 12.6 Å². The van der Waals surface area contributed by atoms with Crippen LogP contribution in [0.3, 0.4) is 0 Å². The summed E-state index contributed by atoms with van der Waals surface area (Å²) in [5, 5.41) is 5.59. The van der Waals surface area contributed by atoms with E-state index in [2.05, 4.69) is 54.0 Å². The summed E-state index contributed by atoms with van der Waals surface area (Å²) >= 11 is 1.78. The summed E-state index contributed by atoms with van der Waals surface area (Å²) in [6, 6.07) is 13.0. The Balaban J connectivity index is 1.99. The van der Waals surface area contributed by atoms with Crippen LogP contribution in [0.25, 0.3) is 0 Å². The van der Waals surface area contributed by atoms with Crippen LogP contribution in [-0.4, -0.2) is 7.11 Å². The number of nitrogens with one attached hydrogen (secondary N) is 1. The smallest absolute Gasteiger partial charge is 0.0713 e. The van der Waals surface area contributed by atoms with E-state index in [4.69, 9.17) is 4.74 Å². The van der Waals surface area contributed by atoms with Crippen molar-refractivity contribution in [3.8, 4) is 0 Å². The normalized spacial score (nSPS) is 12.4. The lowest BCUT2D eigenvalue weighted by Crippen LogP contribution is -2.04. The highest BCUT2D eigenvalue weighted by Crippen LogP contribution is 2.23. The first kappa shape index (κ1) is 12.1. The first-order chi connectivity index (χ1) is 8.29. The largest absolute Gasteiger partial charge is 0.380 e. The Bertz CT molecular complexity index is 436. The molecule has 0 saturated heterocycles. The van der Waals surface area contributed by atoms with Gasteiger partial charge in [0.15, 0.2) is 0 Å². The molecule has 17 heavy (non-hydrogen) atoms. The molecule has 2 aromatic rings. The van der Waals surface area contributed by atoms with Crippen LogP contribution < -0.4 is 5.32 Å². The van der Waals surface area contributed by atoms with E-state index in [0.717, 1.165) is 5.69 Å². The van der Waals surface area contributed by atoms with E-state index in [1.165, 1.54) is 10.4 Å². The molecule has 0 spiro atoms. The summed E-state index contributed by atoms with van der Waals surface area (Å²) in [7, 11) is 1.71. The number of ether oxygens (including phenoxy) is 1. The maximum absolute atomic E-state index is 5.09. The van der Waals surface area contributed by atoms with Gasteiger partial charge in [0.05, 0.1) is 12.6 Å². The molecule has 2 rings (SSSR count). The lowest BCUT2D eigenvalue weighted by Gasteiger charge is -2.14. The average molecular weight is 247 g/mol. The van der Waals surface area contributed by atoms with E-state index in [9.17, 15) is 0 Å². The minimum atomic E-state index is 0.350. The topological polar surface area (TPSA) is 21.3 Å². The fourth-order valence-corrected chi connectivity index (χ4v) is 2.46. The molecule has 0 fully saturated rings. The molecule has 90 valence electrons. The summed E-state index contributed by atoms with van der Waals surface area (Å²) in [5.41, 5.74) is 2.34. The number of anilines is 1. The second-order valence-corrected chi connectivity index (χ2v) is 4.99. The lowest BCUT2D eigenvalue weighted by molar-refractivity contribution is 0.185. The van der Waals surface area contributed by atoms with Crippen LogP contribution in [0.15, 0.2) is 41.8 Å². The van der Waals surface area contributed by atoms with Crippen molar-refractivity contribution < 1.29 is 4.74 Å². The second kappa shape index (κ2) is 5.84. The van der Waals surface area contributed by atoms with Crippen LogP contribution in [0.1, 0.15) is 23.4 Å². The van der Waals surface area contributed by atoms with Crippen LogP contribution in [0.4, 0.5) is 5.69 Å². The summed E-state index contributed by atoms with van der Waals surface area (Å²) in [4.78, 5) is 1.35. The highest BCUT2D eigenvalue weighted by molar-refractivity contribution is 7.10. The van der Waals surface area contributed by atoms with Crippen LogP contribution in [0.5, 0.6) is 0 Å². The molecule has 0 radical (unpaired) electrons. The minimum absolute atomic E-state index is 0.350. The van der Waals surface area contributed by atoms with Gasteiger partial charge in [0.25, 0.3) is 0 Å². The highest BCUT2D eigenvalue weighted by atomic mass is 32.1. The molecule has 0 aliphatic heterocycles. The maximum Gasteiger partial charge on any atom is 0.0713 e. The Labute approximate surface area is 106 Å². The van der Waals surface area contributed by atoms with E-state index >= 15 is 0 Å². The number of benzene rings is 1. The average Bonchev–Trinajstić information content (AvgIpc) is 2.86. The van der Waals surface area contributed by atoms with Crippen molar-refractivity contribution >= 4 is 17.0 Å². The van der Waals surface area contributed by atoms with E-state index < -0.39 is 0 Å². The monoisotopic (exact) mass is 247 g/mol. The van der Waals surface area contributed by atoms with Crippen molar-refractivity contribution in [2.75, 3.05) is 12.4 Å². The van der Waals surface area contributed by atoms with Gasteiger partial charge in [-0.2, -0.15) is 0 Å². The predicted octanol–water partition coefficient (Wildman–Crippen LogP) is 4.07. The quantitative estimate of drug-likeness (QED) is 0.860. The van der Waals surface area contributed by atoms with Crippen molar-refractivity contribution in [1.29, 1.82) is 0 Å². The molecule has 0 aliphatic carbocycles. The zero-order valence-corrected chi connectivity index (χ0v) is 11.0. The van der Waals surface area contributed by atoms with E-state index in [1.54, 1.807) is 18.4 Å². The number of methoxy groups -OCH3 is 1. The molecule has 1 aromatic carbocycles. The predicted molar refractivity (Wildman–Crippen MR) is 73.5 cm³/mol. The summed E-state index contributed by atoms with van der Waals surface area (Å²) in [5.74, 6) is 0. The third-order valence-corrected chi connectivity index (χ3v) is 3.67. The Morgan fingerprint density at radius 3 is 2.59 bits per heavy atom. The number of hydrogen-bond donors (Lipinski definition) is 1. The first-order valence-corrected chi connectivity index (χ1v) is 6.55. The van der Waals surface area contributed by atoms with Crippen LogP contribution in [0.2, 0.25) is 0 Å². The Kier molecular flexibility index (Phi) is 4.18. The van der Waals surface area contributed by atoms with Crippen molar-refractivity contribution in [2.45, 2.75) is 19.6 Å². The van der Waals surface area contributed by atoms with Gasteiger partial charge in [0.2, 0.25) is 0 Å². The lowest BCUT2D eigenvalue weighted by atomic mass is 10.2. The fourth-order valence-electron chi connectivity index (χ4n) is 1.72. The van der Waals surface area contributed by atoms with Gasteiger partial charge < -0.3 is 10.1 Å². The zero-order chi connectivity index (χ0) is 12.1. The molecule has 2 nitrogen and oxygen atoms in total.